The van der Waals surface area contributed by atoms with Crippen molar-refractivity contribution < 1.29 is 28.4 Å². The number of rotatable bonds is 7. The van der Waals surface area contributed by atoms with Crippen LogP contribution in [-0.4, -0.2) is 46.5 Å². The molecule has 1 aromatic heterocycles. The second-order valence-electron chi connectivity index (χ2n) is 8.96. The molecule has 0 saturated carbocycles. The summed E-state index contributed by atoms with van der Waals surface area (Å²) in [6.45, 7) is 2.25. The number of benzene rings is 2. The number of hydrogen-bond donors (Lipinski definition) is 0. The fraction of sp³-hybridized carbons (Fsp3) is 0.308. The molecule has 9 heteroatoms. The van der Waals surface area contributed by atoms with E-state index in [1.54, 1.807) is 62.5 Å². The molecule has 2 aromatic carbocycles. The molecule has 3 heterocycles. The molecule has 1 fully saturated rings. The number of nitrogens with zero attached hydrogens (tertiary/aromatic N) is 3. The molecule has 0 bridgehead atoms. The molecule has 0 radical (unpaired) electrons. The van der Waals surface area contributed by atoms with Crippen LogP contribution in [0, 0.1) is 6.92 Å². The van der Waals surface area contributed by atoms with Gasteiger partial charge in [0.25, 0.3) is 0 Å². The Hall–Kier alpha value is -4.14. The largest absolute Gasteiger partial charge is 0.454 e. The zero-order valence-electron chi connectivity index (χ0n) is 19.5. The van der Waals surface area contributed by atoms with Gasteiger partial charge in [-0.25, -0.2) is 0 Å². The maximum absolute atomic E-state index is 13.8. The fourth-order valence-corrected chi connectivity index (χ4v) is 4.61. The standard InChI is InChI=1S/C26H25N3O6/c1-17-10-20(35-27-17)15-28(2)23(30)12-26(19-6-4-3-5-7-19)13-24(31)29(25(26)32)14-18-8-9-21-22(11-18)34-16-33-21/h3-11H,12-16H2,1-2H3. The Bertz CT molecular complexity index is 1290. The van der Waals surface area contributed by atoms with E-state index in [1.807, 2.05) is 6.07 Å². The van der Waals surface area contributed by atoms with Gasteiger partial charge in [0.05, 0.1) is 24.2 Å². The number of hydrogen-bond acceptors (Lipinski definition) is 7. The molecule has 0 N–H and O–H groups in total. The molecule has 0 spiro atoms. The van der Waals surface area contributed by atoms with Gasteiger partial charge < -0.3 is 18.9 Å². The molecule has 1 atom stereocenters. The lowest BCUT2D eigenvalue weighted by Crippen LogP contribution is -2.42. The van der Waals surface area contributed by atoms with Crippen molar-refractivity contribution in [3.8, 4) is 11.5 Å². The van der Waals surface area contributed by atoms with E-state index in [2.05, 4.69) is 5.16 Å². The molecule has 35 heavy (non-hydrogen) atoms. The SMILES string of the molecule is Cc1cc(CN(C)C(=O)CC2(c3ccccc3)CC(=O)N(Cc3ccc4c(c3)OCO4)C2=O)on1. The molecule has 0 aliphatic carbocycles. The van der Waals surface area contributed by atoms with Crippen molar-refractivity contribution in [1.29, 1.82) is 0 Å². The number of imide groups is 1. The van der Waals surface area contributed by atoms with E-state index < -0.39 is 5.41 Å². The van der Waals surface area contributed by atoms with Crippen LogP contribution in [0.5, 0.6) is 11.5 Å². The van der Waals surface area contributed by atoms with E-state index in [0.29, 0.717) is 22.8 Å². The quantitative estimate of drug-likeness (QED) is 0.484. The number of likely N-dealkylation sites (tertiary alicyclic amines) is 1. The van der Waals surface area contributed by atoms with Crippen molar-refractivity contribution in [2.24, 2.45) is 0 Å². The van der Waals surface area contributed by atoms with E-state index in [4.69, 9.17) is 14.0 Å². The number of aryl methyl sites for hydroxylation is 1. The van der Waals surface area contributed by atoms with Crippen LogP contribution in [0.1, 0.15) is 35.4 Å². The van der Waals surface area contributed by atoms with Crippen LogP contribution in [0.15, 0.2) is 59.1 Å². The summed E-state index contributed by atoms with van der Waals surface area (Å²) in [6.07, 6.45) is -0.218. The number of ether oxygens (including phenoxy) is 2. The first-order valence-electron chi connectivity index (χ1n) is 11.3. The number of carbonyl (C=O) groups excluding carboxylic acids is 3. The van der Waals surface area contributed by atoms with Gasteiger partial charge in [0, 0.05) is 26.0 Å². The topological polar surface area (TPSA) is 102 Å². The monoisotopic (exact) mass is 475 g/mol. The molecule has 2 aliphatic rings. The van der Waals surface area contributed by atoms with E-state index in [1.165, 1.54) is 9.80 Å². The van der Waals surface area contributed by atoms with Crippen LogP contribution in [0.25, 0.3) is 0 Å². The maximum Gasteiger partial charge on any atom is 0.241 e. The lowest BCUT2D eigenvalue weighted by Gasteiger charge is -2.29. The lowest BCUT2D eigenvalue weighted by atomic mass is 9.75. The van der Waals surface area contributed by atoms with E-state index in [0.717, 1.165) is 11.3 Å². The van der Waals surface area contributed by atoms with Gasteiger partial charge in [-0.05, 0) is 30.2 Å². The van der Waals surface area contributed by atoms with E-state index in [-0.39, 0.29) is 50.4 Å². The van der Waals surface area contributed by atoms with Crippen molar-refractivity contribution in [3.05, 3.63) is 77.2 Å². The molecule has 5 rings (SSSR count). The molecule has 9 nitrogen and oxygen atoms in total. The first-order valence-corrected chi connectivity index (χ1v) is 11.3. The third-order valence-electron chi connectivity index (χ3n) is 6.46. The average molecular weight is 476 g/mol. The van der Waals surface area contributed by atoms with Gasteiger partial charge in [-0.3, -0.25) is 19.3 Å². The highest BCUT2D eigenvalue weighted by Gasteiger charge is 2.54. The second-order valence-corrected chi connectivity index (χ2v) is 8.96. The highest BCUT2D eigenvalue weighted by atomic mass is 16.7. The third kappa shape index (κ3) is 4.25. The van der Waals surface area contributed by atoms with Crippen LogP contribution in [0.4, 0.5) is 0 Å². The first kappa shape index (κ1) is 22.6. The van der Waals surface area contributed by atoms with Gasteiger partial charge in [0.15, 0.2) is 17.3 Å². The molecule has 2 aliphatic heterocycles. The summed E-state index contributed by atoms with van der Waals surface area (Å²) in [6, 6.07) is 16.1. The van der Waals surface area contributed by atoms with Gasteiger partial charge in [-0.2, -0.15) is 0 Å². The van der Waals surface area contributed by atoms with Crippen LogP contribution >= 0.6 is 0 Å². The summed E-state index contributed by atoms with van der Waals surface area (Å²) in [4.78, 5) is 43.0. The normalized spacial score (nSPS) is 18.9. The maximum atomic E-state index is 13.8. The van der Waals surface area contributed by atoms with Crippen molar-refractivity contribution in [2.45, 2.75) is 38.3 Å². The number of aromatic nitrogens is 1. The summed E-state index contributed by atoms with van der Waals surface area (Å²) in [5.41, 5.74) is 0.822. The average Bonchev–Trinajstić information content (AvgIpc) is 3.54. The van der Waals surface area contributed by atoms with Gasteiger partial charge >= 0.3 is 0 Å². The van der Waals surface area contributed by atoms with Crippen molar-refractivity contribution in [2.75, 3.05) is 13.8 Å². The van der Waals surface area contributed by atoms with E-state index >= 15 is 0 Å². The zero-order chi connectivity index (χ0) is 24.6. The predicted molar refractivity (Wildman–Crippen MR) is 123 cm³/mol. The van der Waals surface area contributed by atoms with Crippen molar-refractivity contribution in [1.82, 2.24) is 15.0 Å². The summed E-state index contributed by atoms with van der Waals surface area (Å²) < 4.78 is 16.0. The molecule has 3 amide bonds. The Morgan fingerprint density at radius 3 is 2.60 bits per heavy atom. The Labute approximate surface area is 202 Å². The highest BCUT2D eigenvalue weighted by molar-refractivity contribution is 6.10. The van der Waals surface area contributed by atoms with Crippen LogP contribution in [0.3, 0.4) is 0 Å². The Balaban J connectivity index is 1.41. The summed E-state index contributed by atoms with van der Waals surface area (Å²) in [7, 11) is 1.64. The molecular weight excluding hydrogens is 450 g/mol. The molecular formula is C26H25N3O6. The lowest BCUT2D eigenvalue weighted by molar-refractivity contribution is -0.143. The van der Waals surface area contributed by atoms with Crippen LogP contribution in [-0.2, 0) is 32.9 Å². The number of carbonyl (C=O) groups is 3. The van der Waals surface area contributed by atoms with Gasteiger partial charge in [-0.15, -0.1) is 0 Å². The minimum absolute atomic E-state index is 0.0820. The van der Waals surface area contributed by atoms with Crippen LogP contribution < -0.4 is 9.47 Å². The predicted octanol–water partition coefficient (Wildman–Crippen LogP) is 2.96. The smallest absolute Gasteiger partial charge is 0.241 e. The highest BCUT2D eigenvalue weighted by Crippen LogP contribution is 2.41. The Morgan fingerprint density at radius 2 is 1.86 bits per heavy atom. The molecule has 1 unspecified atom stereocenters. The molecule has 1 saturated heterocycles. The van der Waals surface area contributed by atoms with Gasteiger partial charge in [0.2, 0.25) is 24.5 Å². The summed E-state index contributed by atoms with van der Waals surface area (Å²) >= 11 is 0. The molecule has 180 valence electrons. The number of amides is 3. The van der Waals surface area contributed by atoms with Crippen molar-refractivity contribution in [3.63, 3.8) is 0 Å². The summed E-state index contributed by atoms with van der Waals surface area (Å²) in [5.74, 6) is 0.776. The summed E-state index contributed by atoms with van der Waals surface area (Å²) in [5, 5.41) is 3.85. The van der Waals surface area contributed by atoms with E-state index in [9.17, 15) is 14.4 Å². The third-order valence-corrected chi connectivity index (χ3v) is 6.46. The Morgan fingerprint density at radius 1 is 1.09 bits per heavy atom. The van der Waals surface area contributed by atoms with Gasteiger partial charge in [0.1, 0.15) is 0 Å². The van der Waals surface area contributed by atoms with Crippen LogP contribution in [0.2, 0.25) is 0 Å². The minimum Gasteiger partial charge on any atom is -0.454 e. The van der Waals surface area contributed by atoms with Gasteiger partial charge in [-0.1, -0.05) is 41.6 Å². The number of fused-ring (bicyclic) bond motifs is 1. The first-order chi connectivity index (χ1) is 16.9. The Kier molecular flexibility index (Phi) is 5.76. The zero-order valence-corrected chi connectivity index (χ0v) is 19.5. The van der Waals surface area contributed by atoms with Crippen molar-refractivity contribution >= 4 is 17.7 Å². The molecule has 3 aromatic rings. The fourth-order valence-electron chi connectivity index (χ4n) is 4.61. The second kappa shape index (κ2) is 8.90. The minimum atomic E-state index is -1.28.